The molecule has 1 aliphatic rings. The van der Waals surface area contributed by atoms with Crippen LogP contribution in [0.25, 0.3) is 0 Å². The Morgan fingerprint density at radius 2 is 1.82 bits per heavy atom. The Hall–Kier alpha value is -0.0400. The summed E-state index contributed by atoms with van der Waals surface area (Å²) in [6, 6.07) is 0.805. The van der Waals surface area contributed by atoms with Crippen molar-refractivity contribution < 1.29 is 0 Å². The van der Waals surface area contributed by atoms with Crippen LogP contribution in [0.4, 0.5) is 0 Å². The van der Waals surface area contributed by atoms with Crippen molar-refractivity contribution in [3.8, 4) is 0 Å². The van der Waals surface area contributed by atoms with Crippen LogP contribution in [0.3, 0.4) is 0 Å². The van der Waals surface area contributed by atoms with Crippen molar-refractivity contribution >= 4 is 0 Å². The number of hydrogen-bond acceptors (Lipinski definition) is 1. The van der Waals surface area contributed by atoms with E-state index in [0.717, 1.165) is 12.0 Å². The topological polar surface area (TPSA) is 12.0 Å². The van der Waals surface area contributed by atoms with Gasteiger partial charge in [-0.15, -0.1) is 0 Å². The molecule has 102 valence electrons. The van der Waals surface area contributed by atoms with Crippen LogP contribution in [-0.4, -0.2) is 12.6 Å². The molecule has 17 heavy (non-hydrogen) atoms. The fourth-order valence-corrected chi connectivity index (χ4v) is 2.93. The minimum Gasteiger partial charge on any atom is -0.314 e. The van der Waals surface area contributed by atoms with Crippen LogP contribution in [0.5, 0.6) is 0 Å². The Bertz CT molecular complexity index is 192. The van der Waals surface area contributed by atoms with E-state index in [4.69, 9.17) is 0 Å². The van der Waals surface area contributed by atoms with Crippen LogP contribution in [0, 0.1) is 11.3 Å². The first-order chi connectivity index (χ1) is 8.01. The van der Waals surface area contributed by atoms with E-state index in [-0.39, 0.29) is 0 Å². The fraction of sp³-hybridized carbons (Fsp3) is 1.00. The first kappa shape index (κ1) is 15.0. The van der Waals surface area contributed by atoms with E-state index in [9.17, 15) is 0 Å². The van der Waals surface area contributed by atoms with Crippen molar-refractivity contribution in [2.24, 2.45) is 11.3 Å². The van der Waals surface area contributed by atoms with Crippen molar-refractivity contribution in [2.45, 2.75) is 85.1 Å². The molecule has 1 fully saturated rings. The predicted molar refractivity (Wildman–Crippen MR) is 77.3 cm³/mol. The highest BCUT2D eigenvalue weighted by atomic mass is 14.9. The van der Waals surface area contributed by atoms with Gasteiger partial charge >= 0.3 is 0 Å². The highest BCUT2D eigenvalue weighted by Gasteiger charge is 2.18. The summed E-state index contributed by atoms with van der Waals surface area (Å²) in [5.74, 6) is 1.02. The van der Waals surface area contributed by atoms with E-state index in [1.54, 1.807) is 0 Å². The molecule has 0 heterocycles. The molecular weight excluding hydrogens is 206 g/mol. The highest BCUT2D eigenvalue weighted by molar-refractivity contribution is 4.75. The average molecular weight is 239 g/mol. The van der Waals surface area contributed by atoms with Gasteiger partial charge in [0.2, 0.25) is 0 Å². The van der Waals surface area contributed by atoms with Gasteiger partial charge in [-0.05, 0) is 43.6 Å². The van der Waals surface area contributed by atoms with Gasteiger partial charge in [-0.25, -0.2) is 0 Å². The maximum absolute atomic E-state index is 3.78. The van der Waals surface area contributed by atoms with Gasteiger partial charge in [0, 0.05) is 6.04 Å². The Kier molecular flexibility index (Phi) is 6.54. The van der Waals surface area contributed by atoms with Crippen LogP contribution in [0.2, 0.25) is 0 Å². The van der Waals surface area contributed by atoms with Gasteiger partial charge in [-0.1, -0.05) is 53.4 Å². The molecule has 0 aliphatic heterocycles. The van der Waals surface area contributed by atoms with Crippen LogP contribution >= 0.6 is 0 Å². The summed E-state index contributed by atoms with van der Waals surface area (Å²) in [6.45, 7) is 10.5. The third-order valence-electron chi connectivity index (χ3n) is 4.09. The van der Waals surface area contributed by atoms with Crippen molar-refractivity contribution in [1.82, 2.24) is 5.32 Å². The lowest BCUT2D eigenvalue weighted by atomic mass is 9.92. The number of nitrogens with one attached hydrogen (secondary N) is 1. The fourth-order valence-electron chi connectivity index (χ4n) is 2.93. The summed E-state index contributed by atoms with van der Waals surface area (Å²) in [4.78, 5) is 0. The second-order valence-corrected chi connectivity index (χ2v) is 7.12. The van der Waals surface area contributed by atoms with E-state index < -0.39 is 0 Å². The lowest BCUT2D eigenvalue weighted by Crippen LogP contribution is -2.31. The molecule has 1 aliphatic carbocycles. The lowest BCUT2D eigenvalue weighted by molar-refractivity contribution is 0.343. The minimum atomic E-state index is 0.475. The summed E-state index contributed by atoms with van der Waals surface area (Å²) < 4.78 is 0. The molecule has 2 unspecified atom stereocenters. The zero-order chi connectivity index (χ0) is 12.7. The maximum atomic E-state index is 3.78. The second-order valence-electron chi connectivity index (χ2n) is 7.12. The molecule has 1 rings (SSSR count). The van der Waals surface area contributed by atoms with Crippen LogP contribution in [-0.2, 0) is 0 Å². The summed E-state index contributed by atoms with van der Waals surface area (Å²) >= 11 is 0. The second kappa shape index (κ2) is 7.41. The lowest BCUT2D eigenvalue weighted by Gasteiger charge is -2.22. The molecule has 0 saturated heterocycles. The molecule has 0 amide bonds. The highest BCUT2D eigenvalue weighted by Crippen LogP contribution is 2.27. The van der Waals surface area contributed by atoms with Gasteiger partial charge in [0.1, 0.15) is 0 Å². The molecule has 0 bridgehead atoms. The van der Waals surface area contributed by atoms with Gasteiger partial charge in [-0.3, -0.25) is 0 Å². The quantitative estimate of drug-likeness (QED) is 0.682. The Morgan fingerprint density at radius 1 is 1.06 bits per heavy atom. The van der Waals surface area contributed by atoms with Gasteiger partial charge in [0.25, 0.3) is 0 Å². The molecule has 2 atom stereocenters. The predicted octanol–water partition coefficient (Wildman–Crippen LogP) is 4.76. The Morgan fingerprint density at radius 3 is 2.47 bits per heavy atom. The van der Waals surface area contributed by atoms with E-state index in [1.807, 2.05) is 0 Å². The molecule has 1 N–H and O–H groups in total. The molecule has 0 spiro atoms. The molecule has 0 aromatic rings. The summed E-state index contributed by atoms with van der Waals surface area (Å²) in [6.07, 6.45) is 11.3. The summed E-state index contributed by atoms with van der Waals surface area (Å²) in [7, 11) is 0. The molecule has 1 saturated carbocycles. The van der Waals surface area contributed by atoms with Crippen LogP contribution in [0.15, 0.2) is 0 Å². The van der Waals surface area contributed by atoms with E-state index in [1.165, 1.54) is 57.9 Å². The van der Waals surface area contributed by atoms with Gasteiger partial charge in [-0.2, -0.15) is 0 Å². The molecule has 0 radical (unpaired) electrons. The van der Waals surface area contributed by atoms with Crippen LogP contribution < -0.4 is 5.32 Å². The van der Waals surface area contributed by atoms with Crippen LogP contribution in [0.1, 0.15) is 79.1 Å². The SMILES string of the molecule is CCCC1CCCC(NCCC(C)(C)C)CC1. The molecule has 0 aromatic heterocycles. The Balaban J connectivity index is 2.18. The standard InChI is InChI=1S/C16H33N/c1-5-7-14-8-6-9-15(11-10-14)17-13-12-16(2,3)4/h14-15,17H,5-13H2,1-4H3. The van der Waals surface area contributed by atoms with E-state index in [0.29, 0.717) is 5.41 Å². The zero-order valence-electron chi connectivity index (χ0n) is 12.5. The zero-order valence-corrected chi connectivity index (χ0v) is 12.5. The summed E-state index contributed by atoms with van der Waals surface area (Å²) in [5, 5.41) is 3.78. The van der Waals surface area contributed by atoms with E-state index >= 15 is 0 Å². The minimum absolute atomic E-state index is 0.475. The van der Waals surface area contributed by atoms with Crippen molar-refractivity contribution in [3.05, 3.63) is 0 Å². The molecule has 1 nitrogen and oxygen atoms in total. The smallest absolute Gasteiger partial charge is 0.00671 e. The van der Waals surface area contributed by atoms with Gasteiger partial charge < -0.3 is 5.32 Å². The maximum Gasteiger partial charge on any atom is 0.00671 e. The summed E-state index contributed by atoms with van der Waals surface area (Å²) in [5.41, 5.74) is 0.475. The average Bonchev–Trinajstić information content (AvgIpc) is 2.43. The normalized spacial score (nSPS) is 26.8. The van der Waals surface area contributed by atoms with E-state index in [2.05, 4.69) is 33.0 Å². The first-order valence-electron chi connectivity index (χ1n) is 7.74. The van der Waals surface area contributed by atoms with Crippen molar-refractivity contribution in [2.75, 3.05) is 6.54 Å². The largest absolute Gasteiger partial charge is 0.314 e. The van der Waals surface area contributed by atoms with Crippen molar-refractivity contribution in [1.29, 1.82) is 0 Å². The third-order valence-corrected chi connectivity index (χ3v) is 4.09. The van der Waals surface area contributed by atoms with Crippen molar-refractivity contribution in [3.63, 3.8) is 0 Å². The molecule has 0 aromatic carbocycles. The Labute approximate surface area is 109 Å². The number of hydrogen-bond donors (Lipinski definition) is 1. The first-order valence-corrected chi connectivity index (χ1v) is 7.74. The molecular formula is C16H33N. The third kappa shape index (κ3) is 7.08. The van der Waals surface area contributed by atoms with Gasteiger partial charge in [0.15, 0.2) is 0 Å². The number of rotatable bonds is 5. The molecule has 1 heteroatoms. The van der Waals surface area contributed by atoms with Gasteiger partial charge in [0.05, 0.1) is 0 Å². The monoisotopic (exact) mass is 239 g/mol.